The van der Waals surface area contributed by atoms with E-state index in [0.29, 0.717) is 18.2 Å². The van der Waals surface area contributed by atoms with Crippen LogP contribution in [0.4, 0.5) is 0 Å². The second-order valence-corrected chi connectivity index (χ2v) is 4.16. The van der Waals surface area contributed by atoms with Gasteiger partial charge in [0, 0.05) is 6.54 Å². The van der Waals surface area contributed by atoms with Crippen LogP contribution in [0.3, 0.4) is 0 Å². The highest BCUT2D eigenvalue weighted by molar-refractivity contribution is 5.32. The predicted molar refractivity (Wildman–Crippen MR) is 61.3 cm³/mol. The van der Waals surface area contributed by atoms with E-state index in [4.69, 9.17) is 10.1 Å². The Labute approximate surface area is 96.0 Å². The van der Waals surface area contributed by atoms with Gasteiger partial charge in [-0.15, -0.1) is 0 Å². The van der Waals surface area contributed by atoms with Crippen LogP contribution >= 0.6 is 0 Å². The summed E-state index contributed by atoms with van der Waals surface area (Å²) in [4.78, 5) is 5.55. The van der Waals surface area contributed by atoms with E-state index < -0.39 is 0 Å². The molecule has 1 aromatic carbocycles. The van der Waals surface area contributed by atoms with Crippen molar-refractivity contribution in [1.29, 1.82) is 5.26 Å². The van der Waals surface area contributed by atoms with Crippen LogP contribution in [0, 0.1) is 11.3 Å². The Kier molecular flexibility index (Phi) is 3.92. The first-order chi connectivity index (χ1) is 7.88. The molecule has 0 amide bonds. The molecule has 84 valence electrons. The largest absolute Gasteiger partial charge is 0.298 e. The number of nitriles is 1. The van der Waals surface area contributed by atoms with Gasteiger partial charge in [-0.1, -0.05) is 25.0 Å². The molecular formula is C13H16N2O. The van der Waals surface area contributed by atoms with Crippen molar-refractivity contribution in [3.8, 4) is 6.07 Å². The molecule has 0 radical (unpaired) electrons. The van der Waals surface area contributed by atoms with Crippen LogP contribution in [0.5, 0.6) is 0 Å². The fourth-order valence-electron chi connectivity index (χ4n) is 2.00. The molecule has 1 aromatic rings. The van der Waals surface area contributed by atoms with Crippen LogP contribution < -0.4 is 5.48 Å². The molecule has 0 atom stereocenters. The van der Waals surface area contributed by atoms with Gasteiger partial charge in [0.15, 0.2) is 0 Å². The Morgan fingerprint density at radius 2 is 2.19 bits per heavy atom. The van der Waals surface area contributed by atoms with Crippen LogP contribution in [0.25, 0.3) is 0 Å². The van der Waals surface area contributed by atoms with Gasteiger partial charge in [-0.3, -0.25) is 4.84 Å². The monoisotopic (exact) mass is 216 g/mol. The molecule has 0 saturated heterocycles. The second-order valence-electron chi connectivity index (χ2n) is 4.16. The molecule has 0 spiro atoms. The lowest BCUT2D eigenvalue weighted by Gasteiger charge is -2.11. The SMILES string of the molecule is N#Cc1cccc(CNOC2CCCC2)c1. The van der Waals surface area contributed by atoms with E-state index in [0.717, 1.165) is 18.4 Å². The van der Waals surface area contributed by atoms with E-state index in [2.05, 4.69) is 11.5 Å². The molecule has 16 heavy (non-hydrogen) atoms. The van der Waals surface area contributed by atoms with Crippen molar-refractivity contribution in [2.75, 3.05) is 0 Å². The number of benzene rings is 1. The highest BCUT2D eigenvalue weighted by atomic mass is 16.7. The van der Waals surface area contributed by atoms with E-state index in [-0.39, 0.29) is 0 Å². The third kappa shape index (κ3) is 3.06. The molecule has 1 saturated carbocycles. The van der Waals surface area contributed by atoms with Crippen LogP contribution in [-0.2, 0) is 11.4 Å². The number of rotatable bonds is 4. The standard InChI is InChI=1S/C13H16N2O/c14-9-11-4-3-5-12(8-11)10-15-16-13-6-1-2-7-13/h3-5,8,13,15H,1-2,6-7,10H2. The average molecular weight is 216 g/mol. The van der Waals surface area contributed by atoms with Crippen LogP contribution in [0.2, 0.25) is 0 Å². The van der Waals surface area contributed by atoms with Crippen molar-refractivity contribution in [1.82, 2.24) is 5.48 Å². The fraction of sp³-hybridized carbons (Fsp3) is 0.462. The van der Waals surface area contributed by atoms with Gasteiger partial charge in [0.1, 0.15) is 0 Å². The zero-order chi connectivity index (χ0) is 11.2. The first-order valence-electron chi connectivity index (χ1n) is 5.76. The molecule has 0 bridgehead atoms. The lowest BCUT2D eigenvalue weighted by molar-refractivity contribution is -0.0244. The number of hydrogen-bond donors (Lipinski definition) is 1. The second kappa shape index (κ2) is 5.64. The van der Waals surface area contributed by atoms with Gasteiger partial charge < -0.3 is 0 Å². The van der Waals surface area contributed by atoms with Gasteiger partial charge in [0.25, 0.3) is 0 Å². The Morgan fingerprint density at radius 1 is 1.38 bits per heavy atom. The zero-order valence-electron chi connectivity index (χ0n) is 9.28. The zero-order valence-corrected chi connectivity index (χ0v) is 9.28. The van der Waals surface area contributed by atoms with Gasteiger partial charge >= 0.3 is 0 Å². The maximum atomic E-state index is 8.76. The maximum absolute atomic E-state index is 8.76. The van der Waals surface area contributed by atoms with Crippen LogP contribution in [-0.4, -0.2) is 6.10 Å². The van der Waals surface area contributed by atoms with Gasteiger partial charge in [-0.25, -0.2) is 0 Å². The van der Waals surface area contributed by atoms with Crippen LogP contribution in [0.15, 0.2) is 24.3 Å². The molecule has 1 aliphatic rings. The van der Waals surface area contributed by atoms with Gasteiger partial charge in [0.2, 0.25) is 0 Å². The highest BCUT2D eigenvalue weighted by Gasteiger charge is 2.15. The quantitative estimate of drug-likeness (QED) is 0.786. The topological polar surface area (TPSA) is 45.0 Å². The van der Waals surface area contributed by atoms with E-state index in [1.165, 1.54) is 12.8 Å². The molecular weight excluding hydrogens is 200 g/mol. The number of hydrogen-bond acceptors (Lipinski definition) is 3. The van der Waals surface area contributed by atoms with Crippen molar-refractivity contribution in [3.63, 3.8) is 0 Å². The molecule has 1 fully saturated rings. The molecule has 0 unspecified atom stereocenters. The lowest BCUT2D eigenvalue weighted by Crippen LogP contribution is -2.21. The summed E-state index contributed by atoms with van der Waals surface area (Å²) in [7, 11) is 0. The number of hydroxylamine groups is 1. The molecule has 3 nitrogen and oxygen atoms in total. The molecule has 0 aliphatic heterocycles. The Morgan fingerprint density at radius 3 is 2.94 bits per heavy atom. The third-order valence-corrected chi connectivity index (χ3v) is 2.88. The Hall–Kier alpha value is -1.37. The molecule has 2 rings (SSSR count). The first-order valence-corrected chi connectivity index (χ1v) is 5.76. The minimum absolute atomic E-state index is 0.374. The molecule has 0 heterocycles. The van der Waals surface area contributed by atoms with Crippen molar-refractivity contribution in [2.24, 2.45) is 0 Å². The average Bonchev–Trinajstić information content (AvgIpc) is 2.82. The number of nitrogens with one attached hydrogen (secondary N) is 1. The van der Waals surface area contributed by atoms with Crippen molar-refractivity contribution in [3.05, 3.63) is 35.4 Å². The Balaban J connectivity index is 1.78. The molecule has 1 N–H and O–H groups in total. The minimum atomic E-state index is 0.374. The van der Waals surface area contributed by atoms with E-state index in [1.54, 1.807) is 6.07 Å². The minimum Gasteiger partial charge on any atom is -0.298 e. The van der Waals surface area contributed by atoms with Crippen molar-refractivity contribution in [2.45, 2.75) is 38.3 Å². The summed E-state index contributed by atoms with van der Waals surface area (Å²) in [5, 5.41) is 8.76. The molecule has 0 aromatic heterocycles. The lowest BCUT2D eigenvalue weighted by atomic mass is 10.1. The predicted octanol–water partition coefficient (Wildman–Crippen LogP) is 2.52. The molecule has 3 heteroatoms. The van der Waals surface area contributed by atoms with Crippen LogP contribution in [0.1, 0.15) is 36.8 Å². The first kappa shape index (κ1) is 11.1. The summed E-state index contributed by atoms with van der Waals surface area (Å²) < 4.78 is 0. The van der Waals surface area contributed by atoms with E-state index in [1.807, 2.05) is 18.2 Å². The highest BCUT2D eigenvalue weighted by Crippen LogP contribution is 2.19. The Bertz CT molecular complexity index is 378. The summed E-state index contributed by atoms with van der Waals surface area (Å²) >= 11 is 0. The van der Waals surface area contributed by atoms with Gasteiger partial charge in [-0.2, -0.15) is 10.7 Å². The van der Waals surface area contributed by atoms with Gasteiger partial charge in [0.05, 0.1) is 17.7 Å². The summed E-state index contributed by atoms with van der Waals surface area (Å²) in [6.07, 6.45) is 5.24. The summed E-state index contributed by atoms with van der Waals surface area (Å²) in [6, 6.07) is 9.70. The van der Waals surface area contributed by atoms with Crippen molar-refractivity contribution < 1.29 is 4.84 Å². The normalized spacial score (nSPS) is 16.2. The third-order valence-electron chi connectivity index (χ3n) is 2.88. The van der Waals surface area contributed by atoms with E-state index >= 15 is 0 Å². The summed E-state index contributed by atoms with van der Waals surface area (Å²) in [5.74, 6) is 0. The smallest absolute Gasteiger partial charge is 0.0991 e. The van der Waals surface area contributed by atoms with Gasteiger partial charge in [-0.05, 0) is 30.5 Å². The van der Waals surface area contributed by atoms with Crippen molar-refractivity contribution >= 4 is 0 Å². The summed E-state index contributed by atoms with van der Waals surface area (Å²) in [5.41, 5.74) is 4.76. The maximum Gasteiger partial charge on any atom is 0.0991 e. The number of nitrogens with zero attached hydrogens (tertiary/aromatic N) is 1. The molecule has 1 aliphatic carbocycles. The van der Waals surface area contributed by atoms with E-state index in [9.17, 15) is 0 Å². The fourth-order valence-corrected chi connectivity index (χ4v) is 2.00. The summed E-state index contributed by atoms with van der Waals surface area (Å²) in [6.45, 7) is 0.659.